The quantitative estimate of drug-likeness (QED) is 0.589. The predicted octanol–water partition coefficient (Wildman–Crippen LogP) is 1.95. The summed E-state index contributed by atoms with van der Waals surface area (Å²) in [7, 11) is 1.52. The number of carbonyl (C=O) groups is 2. The number of nitrogens with two attached hydrogens (primary N) is 1. The lowest BCUT2D eigenvalue weighted by molar-refractivity contribution is -0.123. The fourth-order valence-corrected chi connectivity index (χ4v) is 2.44. The highest BCUT2D eigenvalue weighted by atomic mass is 35.5. The van der Waals surface area contributed by atoms with E-state index in [1.165, 1.54) is 7.11 Å². The summed E-state index contributed by atoms with van der Waals surface area (Å²) < 4.78 is 10.8. The van der Waals surface area contributed by atoms with E-state index in [2.05, 4.69) is 10.6 Å². The van der Waals surface area contributed by atoms with Crippen molar-refractivity contribution in [3.8, 4) is 11.5 Å². The topological polar surface area (TPSA) is 103 Å². The minimum absolute atomic E-state index is 0. The Kier molecular flexibility index (Phi) is 9.84. The van der Waals surface area contributed by atoms with Crippen LogP contribution in [0, 0.1) is 0 Å². The van der Waals surface area contributed by atoms with E-state index in [0.29, 0.717) is 24.6 Å². The van der Waals surface area contributed by atoms with Crippen molar-refractivity contribution in [1.29, 1.82) is 0 Å². The van der Waals surface area contributed by atoms with E-state index >= 15 is 0 Å². The van der Waals surface area contributed by atoms with Gasteiger partial charge in [0.2, 0.25) is 5.91 Å². The molecule has 1 atom stereocenters. The molecule has 2 rings (SSSR count). The number of amides is 2. The average molecular weight is 408 g/mol. The van der Waals surface area contributed by atoms with Crippen molar-refractivity contribution >= 4 is 24.2 Å². The molecule has 0 saturated carbocycles. The molecule has 4 N–H and O–H groups in total. The van der Waals surface area contributed by atoms with Gasteiger partial charge in [-0.2, -0.15) is 0 Å². The van der Waals surface area contributed by atoms with E-state index in [0.717, 1.165) is 11.1 Å². The SMILES string of the molecule is CCNC(=O)COc1ccc(CNC(=O)C(N)c2ccccc2)cc1OC.Cl. The van der Waals surface area contributed by atoms with E-state index < -0.39 is 6.04 Å². The lowest BCUT2D eigenvalue weighted by Crippen LogP contribution is -2.33. The van der Waals surface area contributed by atoms with Crippen molar-refractivity contribution in [2.75, 3.05) is 20.3 Å². The number of benzene rings is 2. The number of methoxy groups -OCH3 is 1. The maximum atomic E-state index is 12.2. The number of hydrogen-bond acceptors (Lipinski definition) is 5. The first-order valence-electron chi connectivity index (χ1n) is 8.69. The van der Waals surface area contributed by atoms with Crippen LogP contribution in [0.4, 0.5) is 0 Å². The fraction of sp³-hybridized carbons (Fsp3) is 0.300. The van der Waals surface area contributed by atoms with Crippen molar-refractivity contribution in [3.63, 3.8) is 0 Å². The van der Waals surface area contributed by atoms with E-state index in [9.17, 15) is 9.59 Å². The van der Waals surface area contributed by atoms with Gasteiger partial charge in [-0.3, -0.25) is 9.59 Å². The fourth-order valence-electron chi connectivity index (χ4n) is 2.44. The number of hydrogen-bond donors (Lipinski definition) is 3. The lowest BCUT2D eigenvalue weighted by atomic mass is 10.1. The summed E-state index contributed by atoms with van der Waals surface area (Å²) in [6.07, 6.45) is 0. The van der Waals surface area contributed by atoms with Crippen molar-refractivity contribution < 1.29 is 19.1 Å². The van der Waals surface area contributed by atoms with E-state index in [4.69, 9.17) is 15.2 Å². The predicted molar refractivity (Wildman–Crippen MR) is 110 cm³/mol. The number of likely N-dealkylation sites (N-methyl/N-ethyl adjacent to an activating group) is 1. The zero-order valence-corrected chi connectivity index (χ0v) is 16.8. The molecular weight excluding hydrogens is 382 g/mol. The maximum Gasteiger partial charge on any atom is 0.257 e. The van der Waals surface area contributed by atoms with Crippen LogP contribution in [0.5, 0.6) is 11.5 Å². The molecule has 0 aliphatic rings. The van der Waals surface area contributed by atoms with Gasteiger partial charge < -0.3 is 25.8 Å². The standard InChI is InChI=1S/C20H25N3O4.ClH/c1-3-22-18(24)13-27-16-10-9-14(11-17(16)26-2)12-23-20(25)19(21)15-7-5-4-6-8-15;/h4-11,19H,3,12-13,21H2,1-2H3,(H,22,24)(H,23,25);1H. The lowest BCUT2D eigenvalue weighted by Gasteiger charge is -2.14. The molecule has 0 bridgehead atoms. The molecule has 7 nitrogen and oxygen atoms in total. The Balaban J connectivity index is 0.00000392. The van der Waals surface area contributed by atoms with Gasteiger partial charge in [-0.05, 0) is 30.2 Å². The summed E-state index contributed by atoms with van der Waals surface area (Å²) in [5.41, 5.74) is 7.56. The second kappa shape index (κ2) is 11.8. The monoisotopic (exact) mass is 407 g/mol. The molecule has 0 aliphatic carbocycles. The highest BCUT2D eigenvalue weighted by Gasteiger charge is 2.15. The largest absolute Gasteiger partial charge is 0.493 e. The minimum Gasteiger partial charge on any atom is -0.493 e. The molecule has 1 unspecified atom stereocenters. The Morgan fingerprint density at radius 2 is 1.79 bits per heavy atom. The van der Waals surface area contributed by atoms with Gasteiger partial charge in [-0.15, -0.1) is 12.4 Å². The van der Waals surface area contributed by atoms with Gasteiger partial charge in [0.1, 0.15) is 6.04 Å². The normalized spacial score (nSPS) is 11.0. The molecule has 8 heteroatoms. The summed E-state index contributed by atoms with van der Waals surface area (Å²) in [4.78, 5) is 23.7. The van der Waals surface area contributed by atoms with E-state index in [-0.39, 0.29) is 30.8 Å². The van der Waals surface area contributed by atoms with E-state index in [1.54, 1.807) is 18.2 Å². The summed E-state index contributed by atoms with van der Waals surface area (Å²) in [5, 5.41) is 5.47. The number of rotatable bonds is 9. The first-order valence-corrected chi connectivity index (χ1v) is 8.69. The average Bonchev–Trinajstić information content (AvgIpc) is 2.71. The van der Waals surface area contributed by atoms with Crippen LogP contribution in [-0.2, 0) is 16.1 Å². The first kappa shape index (κ1) is 23.3. The number of nitrogens with one attached hydrogen (secondary N) is 2. The Labute approximate surface area is 171 Å². The van der Waals surface area contributed by atoms with Crippen LogP contribution >= 0.6 is 12.4 Å². The van der Waals surface area contributed by atoms with Gasteiger partial charge in [-0.1, -0.05) is 36.4 Å². The van der Waals surface area contributed by atoms with Gasteiger partial charge >= 0.3 is 0 Å². The van der Waals surface area contributed by atoms with Crippen LogP contribution in [0.1, 0.15) is 24.1 Å². The second-order valence-electron chi connectivity index (χ2n) is 5.83. The Morgan fingerprint density at radius 3 is 2.43 bits per heavy atom. The molecule has 152 valence electrons. The molecule has 0 fully saturated rings. The zero-order valence-electron chi connectivity index (χ0n) is 15.9. The molecule has 0 radical (unpaired) electrons. The molecule has 0 saturated heterocycles. The summed E-state index contributed by atoms with van der Waals surface area (Å²) >= 11 is 0. The van der Waals surface area contributed by atoms with Crippen molar-refractivity contribution in [2.45, 2.75) is 19.5 Å². The number of carbonyl (C=O) groups excluding carboxylic acids is 2. The highest BCUT2D eigenvalue weighted by molar-refractivity contribution is 5.85. The molecular formula is C20H26ClN3O4. The number of halogens is 1. The van der Waals surface area contributed by atoms with Crippen LogP contribution in [0.15, 0.2) is 48.5 Å². The molecule has 2 amide bonds. The van der Waals surface area contributed by atoms with Crippen molar-refractivity contribution in [2.24, 2.45) is 5.73 Å². The van der Waals surface area contributed by atoms with Crippen LogP contribution in [0.25, 0.3) is 0 Å². The van der Waals surface area contributed by atoms with Crippen LogP contribution in [-0.4, -0.2) is 32.1 Å². The zero-order chi connectivity index (χ0) is 19.6. The van der Waals surface area contributed by atoms with Crippen LogP contribution < -0.4 is 25.8 Å². The van der Waals surface area contributed by atoms with E-state index in [1.807, 2.05) is 37.3 Å². The molecule has 0 spiro atoms. The maximum absolute atomic E-state index is 12.2. The number of ether oxygens (including phenoxy) is 2. The Bertz CT molecular complexity index is 771. The molecule has 0 heterocycles. The smallest absolute Gasteiger partial charge is 0.257 e. The summed E-state index contributed by atoms with van der Waals surface area (Å²) in [6, 6.07) is 13.7. The molecule has 2 aromatic rings. The van der Waals surface area contributed by atoms with Gasteiger partial charge in [0.05, 0.1) is 7.11 Å². The second-order valence-corrected chi connectivity index (χ2v) is 5.83. The Morgan fingerprint density at radius 1 is 1.07 bits per heavy atom. The molecule has 2 aromatic carbocycles. The van der Waals surface area contributed by atoms with Crippen LogP contribution in [0.3, 0.4) is 0 Å². The third kappa shape index (κ3) is 6.75. The van der Waals surface area contributed by atoms with Gasteiger partial charge in [0, 0.05) is 13.1 Å². The summed E-state index contributed by atoms with van der Waals surface area (Å²) in [6.45, 7) is 2.59. The summed E-state index contributed by atoms with van der Waals surface area (Å²) in [5.74, 6) is 0.473. The Hall–Kier alpha value is -2.77. The van der Waals surface area contributed by atoms with Gasteiger partial charge in [0.25, 0.3) is 5.91 Å². The molecule has 0 aromatic heterocycles. The van der Waals surface area contributed by atoms with Crippen molar-refractivity contribution in [3.05, 3.63) is 59.7 Å². The molecule has 0 aliphatic heterocycles. The van der Waals surface area contributed by atoms with Crippen LogP contribution in [0.2, 0.25) is 0 Å². The van der Waals surface area contributed by atoms with Crippen molar-refractivity contribution in [1.82, 2.24) is 10.6 Å². The van der Waals surface area contributed by atoms with Gasteiger partial charge in [0.15, 0.2) is 18.1 Å². The third-order valence-corrected chi connectivity index (χ3v) is 3.87. The minimum atomic E-state index is -0.729. The third-order valence-electron chi connectivity index (χ3n) is 3.87. The molecule has 28 heavy (non-hydrogen) atoms. The highest BCUT2D eigenvalue weighted by Crippen LogP contribution is 2.28. The van der Waals surface area contributed by atoms with Gasteiger partial charge in [-0.25, -0.2) is 0 Å². The first-order chi connectivity index (χ1) is 13.0.